The fourth-order valence-corrected chi connectivity index (χ4v) is 2.74. The van der Waals surface area contributed by atoms with E-state index in [1.54, 1.807) is 16.8 Å². The van der Waals surface area contributed by atoms with Crippen molar-refractivity contribution >= 4 is 17.2 Å². The molecule has 0 radical (unpaired) electrons. The molecule has 1 saturated heterocycles. The summed E-state index contributed by atoms with van der Waals surface area (Å²) in [5.41, 5.74) is 1.95. The summed E-state index contributed by atoms with van der Waals surface area (Å²) >= 11 is 0. The molecule has 1 aliphatic heterocycles. The smallest absolute Gasteiger partial charge is 0.290 e. The first-order valence-corrected chi connectivity index (χ1v) is 7.80. The number of nitrogens with one attached hydrogen (secondary N) is 1. The number of carbonyl (C=O) groups is 1. The zero-order chi connectivity index (χ0) is 16.4. The first kappa shape index (κ1) is 14.7. The maximum atomic E-state index is 12.3. The van der Waals surface area contributed by atoms with Gasteiger partial charge in [0.2, 0.25) is 5.76 Å². The number of rotatable bonds is 4. The van der Waals surface area contributed by atoms with Crippen molar-refractivity contribution in [1.29, 1.82) is 0 Å². The van der Waals surface area contributed by atoms with Crippen LogP contribution in [0.4, 0.5) is 5.82 Å². The lowest BCUT2D eigenvalue weighted by molar-refractivity contribution is 0.0914. The van der Waals surface area contributed by atoms with Crippen LogP contribution in [-0.2, 0) is 11.3 Å². The summed E-state index contributed by atoms with van der Waals surface area (Å²) in [6.07, 6.45) is 3.59. The van der Waals surface area contributed by atoms with Gasteiger partial charge in [-0.2, -0.15) is 5.10 Å². The van der Waals surface area contributed by atoms with E-state index < -0.39 is 0 Å². The highest BCUT2D eigenvalue weighted by molar-refractivity contribution is 5.92. The summed E-state index contributed by atoms with van der Waals surface area (Å²) in [4.78, 5) is 14.3. The van der Waals surface area contributed by atoms with E-state index in [2.05, 4.69) is 15.6 Å². The Kier molecular flexibility index (Phi) is 3.87. The first-order valence-electron chi connectivity index (χ1n) is 7.80. The van der Waals surface area contributed by atoms with Gasteiger partial charge in [-0.3, -0.25) is 4.79 Å². The number of anilines is 1. The molecule has 0 aliphatic carbocycles. The van der Waals surface area contributed by atoms with Gasteiger partial charge in [-0.05, 0) is 17.7 Å². The Morgan fingerprint density at radius 3 is 3.04 bits per heavy atom. The van der Waals surface area contributed by atoms with Crippen molar-refractivity contribution in [3.05, 3.63) is 48.0 Å². The Labute approximate surface area is 138 Å². The SMILES string of the molecule is O=C(NCc1cccn2nccc12)c1cc(N2CCOCC2)no1. The lowest BCUT2D eigenvalue weighted by Gasteiger charge is -2.25. The summed E-state index contributed by atoms with van der Waals surface area (Å²) in [6.45, 7) is 3.20. The molecule has 4 heterocycles. The molecule has 0 saturated carbocycles. The second-order valence-electron chi connectivity index (χ2n) is 5.53. The summed E-state index contributed by atoms with van der Waals surface area (Å²) in [5, 5.41) is 11.0. The minimum absolute atomic E-state index is 0.206. The molecule has 8 heteroatoms. The fourth-order valence-electron chi connectivity index (χ4n) is 2.74. The van der Waals surface area contributed by atoms with Crippen LogP contribution in [-0.4, -0.2) is 47.0 Å². The van der Waals surface area contributed by atoms with Crippen molar-refractivity contribution in [2.45, 2.75) is 6.54 Å². The number of pyridine rings is 1. The maximum Gasteiger partial charge on any atom is 0.290 e. The number of fused-ring (bicyclic) bond motifs is 1. The van der Waals surface area contributed by atoms with Gasteiger partial charge in [0.05, 0.1) is 18.7 Å². The van der Waals surface area contributed by atoms with Crippen LogP contribution in [0.3, 0.4) is 0 Å². The molecule has 1 fully saturated rings. The van der Waals surface area contributed by atoms with E-state index in [4.69, 9.17) is 9.26 Å². The van der Waals surface area contributed by atoms with Crippen LogP contribution in [0.5, 0.6) is 0 Å². The summed E-state index contributed by atoms with van der Waals surface area (Å²) in [7, 11) is 0. The van der Waals surface area contributed by atoms with Crippen LogP contribution in [0.1, 0.15) is 16.1 Å². The van der Waals surface area contributed by atoms with E-state index in [-0.39, 0.29) is 11.7 Å². The monoisotopic (exact) mass is 327 g/mol. The quantitative estimate of drug-likeness (QED) is 0.772. The Morgan fingerprint density at radius 1 is 1.29 bits per heavy atom. The van der Waals surface area contributed by atoms with E-state index in [9.17, 15) is 4.79 Å². The van der Waals surface area contributed by atoms with Crippen molar-refractivity contribution in [2.75, 3.05) is 31.2 Å². The minimum Gasteiger partial charge on any atom is -0.378 e. The predicted molar refractivity (Wildman–Crippen MR) is 85.9 cm³/mol. The second-order valence-corrected chi connectivity index (χ2v) is 5.53. The van der Waals surface area contributed by atoms with E-state index in [1.807, 2.05) is 29.3 Å². The van der Waals surface area contributed by atoms with Crippen LogP contribution in [0.2, 0.25) is 0 Å². The van der Waals surface area contributed by atoms with Gasteiger partial charge in [0.1, 0.15) is 0 Å². The molecule has 0 aromatic carbocycles. The van der Waals surface area contributed by atoms with Crippen molar-refractivity contribution in [3.8, 4) is 0 Å². The van der Waals surface area contributed by atoms with Crippen LogP contribution >= 0.6 is 0 Å². The predicted octanol–water partition coefficient (Wildman–Crippen LogP) is 1.09. The molecule has 1 N–H and O–H groups in total. The third-order valence-corrected chi connectivity index (χ3v) is 4.02. The van der Waals surface area contributed by atoms with E-state index in [0.29, 0.717) is 25.6 Å². The van der Waals surface area contributed by atoms with E-state index >= 15 is 0 Å². The Balaban J connectivity index is 1.43. The number of ether oxygens (including phenoxy) is 1. The van der Waals surface area contributed by atoms with Gasteiger partial charge >= 0.3 is 0 Å². The molecule has 24 heavy (non-hydrogen) atoms. The zero-order valence-electron chi connectivity index (χ0n) is 13.0. The molecule has 1 amide bonds. The number of hydrogen-bond donors (Lipinski definition) is 1. The zero-order valence-corrected chi connectivity index (χ0v) is 13.0. The number of nitrogens with zero attached hydrogens (tertiary/aromatic N) is 4. The minimum atomic E-state index is -0.288. The third-order valence-electron chi connectivity index (χ3n) is 4.02. The normalized spacial score (nSPS) is 14.9. The molecule has 0 unspecified atom stereocenters. The highest BCUT2D eigenvalue weighted by atomic mass is 16.5. The van der Waals surface area contributed by atoms with Crippen LogP contribution < -0.4 is 10.2 Å². The van der Waals surface area contributed by atoms with Crippen molar-refractivity contribution in [2.24, 2.45) is 0 Å². The molecule has 0 spiro atoms. The van der Waals surface area contributed by atoms with Crippen LogP contribution in [0.25, 0.3) is 5.52 Å². The van der Waals surface area contributed by atoms with Gasteiger partial charge in [0.25, 0.3) is 5.91 Å². The summed E-state index contributed by atoms with van der Waals surface area (Å²) in [6, 6.07) is 7.43. The molecule has 3 aromatic rings. The number of carbonyl (C=O) groups excluding carboxylic acids is 1. The average molecular weight is 327 g/mol. The maximum absolute atomic E-state index is 12.3. The summed E-state index contributed by atoms with van der Waals surface area (Å²) < 4.78 is 12.3. The molecule has 8 nitrogen and oxygen atoms in total. The van der Waals surface area contributed by atoms with Gasteiger partial charge in [-0.1, -0.05) is 11.2 Å². The van der Waals surface area contributed by atoms with Crippen molar-refractivity contribution < 1.29 is 14.1 Å². The van der Waals surface area contributed by atoms with Gasteiger partial charge < -0.3 is 19.5 Å². The van der Waals surface area contributed by atoms with Crippen molar-refractivity contribution in [1.82, 2.24) is 20.1 Å². The average Bonchev–Trinajstić information content (AvgIpc) is 3.30. The third kappa shape index (κ3) is 2.83. The second kappa shape index (κ2) is 6.32. The molecule has 0 bridgehead atoms. The van der Waals surface area contributed by atoms with Gasteiger partial charge in [-0.25, -0.2) is 4.52 Å². The number of aromatic nitrogens is 3. The molecule has 0 atom stereocenters. The number of amides is 1. The lowest BCUT2D eigenvalue weighted by atomic mass is 10.2. The Hall–Kier alpha value is -2.87. The van der Waals surface area contributed by atoms with Gasteiger partial charge in [0, 0.05) is 38.1 Å². The molecule has 124 valence electrons. The first-order chi connectivity index (χ1) is 11.8. The standard InChI is InChI=1S/C16H17N5O3/c22-16(14-10-15(19-24-14)20-6-8-23-9-7-20)17-11-12-2-1-5-21-13(12)3-4-18-21/h1-5,10H,6-9,11H2,(H,17,22). The molecular formula is C16H17N5O3. The Bertz CT molecular complexity index is 850. The summed E-state index contributed by atoms with van der Waals surface area (Å²) in [5.74, 6) is 0.585. The van der Waals surface area contributed by atoms with Crippen molar-refractivity contribution in [3.63, 3.8) is 0 Å². The highest BCUT2D eigenvalue weighted by Crippen LogP contribution is 2.16. The van der Waals surface area contributed by atoms with Crippen LogP contribution in [0.15, 0.2) is 41.2 Å². The number of hydrogen-bond acceptors (Lipinski definition) is 6. The van der Waals surface area contributed by atoms with Gasteiger partial charge in [-0.15, -0.1) is 0 Å². The van der Waals surface area contributed by atoms with E-state index in [1.165, 1.54) is 0 Å². The van der Waals surface area contributed by atoms with Gasteiger partial charge in [0.15, 0.2) is 5.82 Å². The molecule has 3 aromatic heterocycles. The highest BCUT2D eigenvalue weighted by Gasteiger charge is 2.19. The molecule has 4 rings (SSSR count). The largest absolute Gasteiger partial charge is 0.378 e. The topological polar surface area (TPSA) is 84.9 Å². The molecular weight excluding hydrogens is 310 g/mol. The fraction of sp³-hybridized carbons (Fsp3) is 0.312. The Morgan fingerprint density at radius 2 is 2.17 bits per heavy atom. The van der Waals surface area contributed by atoms with E-state index in [0.717, 1.165) is 24.2 Å². The lowest BCUT2D eigenvalue weighted by Crippen LogP contribution is -2.36. The van der Waals surface area contributed by atoms with Crippen LogP contribution in [0, 0.1) is 0 Å². The molecule has 1 aliphatic rings. The number of morpholine rings is 1.